The van der Waals surface area contributed by atoms with Crippen LogP contribution in [-0.2, 0) is 0 Å². The fraction of sp³-hybridized carbons (Fsp3) is 0.200. The maximum Gasteiger partial charge on any atom is 0.0569 e. The zero-order valence-electron chi connectivity index (χ0n) is 10.4. The van der Waals surface area contributed by atoms with Crippen LogP contribution in [0.4, 0.5) is 0 Å². The normalized spacial score (nSPS) is 12.5. The molecule has 1 unspecified atom stereocenters. The zero-order valence-corrected chi connectivity index (χ0v) is 11.9. The van der Waals surface area contributed by atoms with Gasteiger partial charge in [0.15, 0.2) is 0 Å². The molecule has 0 heterocycles. The van der Waals surface area contributed by atoms with Crippen LogP contribution in [0.1, 0.15) is 28.3 Å². The second kappa shape index (κ2) is 5.31. The highest BCUT2D eigenvalue weighted by Crippen LogP contribution is 2.30. The fourth-order valence-corrected chi connectivity index (χ4v) is 2.54. The van der Waals surface area contributed by atoms with Crippen molar-refractivity contribution in [2.75, 3.05) is 0 Å². The molecule has 0 aliphatic heterocycles. The summed E-state index contributed by atoms with van der Waals surface area (Å²) in [4.78, 5) is 0. The Morgan fingerprint density at radius 2 is 1.67 bits per heavy atom. The smallest absolute Gasteiger partial charge is 0.0569 e. The van der Waals surface area contributed by atoms with Crippen LogP contribution in [0, 0.1) is 13.8 Å². The molecule has 0 saturated heterocycles. The maximum absolute atomic E-state index is 6.31. The fourth-order valence-electron chi connectivity index (χ4n) is 2.02. The number of benzene rings is 2. The summed E-state index contributed by atoms with van der Waals surface area (Å²) >= 11 is 12.1. The van der Waals surface area contributed by atoms with Crippen LogP contribution in [0.5, 0.6) is 0 Å². The third kappa shape index (κ3) is 2.69. The van der Waals surface area contributed by atoms with Gasteiger partial charge in [0.25, 0.3) is 0 Å². The summed E-state index contributed by atoms with van der Waals surface area (Å²) in [6.45, 7) is 4.11. The summed E-state index contributed by atoms with van der Waals surface area (Å²) in [5, 5.41) is 1.23. The molecule has 18 heavy (non-hydrogen) atoms. The van der Waals surface area contributed by atoms with Crippen molar-refractivity contribution in [3.63, 3.8) is 0 Å². The van der Waals surface area contributed by atoms with E-state index in [0.717, 1.165) is 11.1 Å². The zero-order chi connectivity index (χ0) is 13.3. The van der Waals surface area contributed by atoms with Crippen molar-refractivity contribution < 1.29 is 0 Å². The summed E-state index contributed by atoms with van der Waals surface area (Å²) in [5.74, 6) is 0. The minimum atomic E-state index is -0.227. The lowest BCUT2D eigenvalue weighted by atomic mass is 9.94. The number of aryl methyl sites for hydroxylation is 2. The Labute approximate surface area is 118 Å². The summed E-state index contributed by atoms with van der Waals surface area (Å²) in [6.07, 6.45) is 0. The van der Waals surface area contributed by atoms with E-state index in [1.165, 1.54) is 11.1 Å². The van der Waals surface area contributed by atoms with E-state index >= 15 is 0 Å². The molecule has 1 nitrogen and oxygen atoms in total. The molecule has 0 aliphatic carbocycles. The molecule has 3 heteroatoms. The van der Waals surface area contributed by atoms with Crippen molar-refractivity contribution in [1.82, 2.24) is 0 Å². The largest absolute Gasteiger partial charge is 0.320 e. The van der Waals surface area contributed by atoms with Crippen molar-refractivity contribution in [3.05, 3.63) is 68.7 Å². The Morgan fingerprint density at radius 1 is 0.944 bits per heavy atom. The van der Waals surface area contributed by atoms with Gasteiger partial charge in [0, 0.05) is 10.0 Å². The molecule has 0 saturated carbocycles. The Balaban J connectivity index is 2.47. The molecule has 2 aromatic rings. The van der Waals surface area contributed by atoms with Gasteiger partial charge >= 0.3 is 0 Å². The molecule has 0 radical (unpaired) electrons. The first-order valence-corrected chi connectivity index (χ1v) is 6.52. The van der Waals surface area contributed by atoms with Crippen LogP contribution >= 0.6 is 23.2 Å². The molecule has 2 rings (SSSR count). The molecular formula is C15H15Cl2N. The van der Waals surface area contributed by atoms with Gasteiger partial charge in [-0.25, -0.2) is 0 Å². The summed E-state index contributed by atoms with van der Waals surface area (Å²) in [6, 6.07) is 11.5. The summed E-state index contributed by atoms with van der Waals surface area (Å²) < 4.78 is 0. The van der Waals surface area contributed by atoms with Gasteiger partial charge < -0.3 is 5.73 Å². The second-order valence-corrected chi connectivity index (χ2v) is 5.35. The monoisotopic (exact) mass is 279 g/mol. The topological polar surface area (TPSA) is 26.0 Å². The standard InChI is InChI=1S/C15H15Cl2N/c1-9-3-4-10(2)13(7-9)15(18)12-6-5-11(16)8-14(12)17/h3-8,15H,18H2,1-2H3. The second-order valence-electron chi connectivity index (χ2n) is 4.50. The van der Waals surface area contributed by atoms with E-state index < -0.39 is 0 Å². The number of nitrogens with two attached hydrogens (primary N) is 1. The minimum absolute atomic E-state index is 0.227. The third-order valence-electron chi connectivity index (χ3n) is 3.07. The van der Waals surface area contributed by atoms with E-state index in [1.54, 1.807) is 6.07 Å². The molecule has 1 atom stereocenters. The van der Waals surface area contributed by atoms with E-state index in [4.69, 9.17) is 28.9 Å². The lowest BCUT2D eigenvalue weighted by molar-refractivity contribution is 0.860. The first-order chi connectivity index (χ1) is 8.49. The first kappa shape index (κ1) is 13.4. The average molecular weight is 280 g/mol. The van der Waals surface area contributed by atoms with Gasteiger partial charge in [0.1, 0.15) is 0 Å². The van der Waals surface area contributed by atoms with Gasteiger partial charge in [-0.2, -0.15) is 0 Å². The van der Waals surface area contributed by atoms with Crippen LogP contribution in [0.3, 0.4) is 0 Å². The quantitative estimate of drug-likeness (QED) is 0.850. The Bertz CT molecular complexity index is 579. The van der Waals surface area contributed by atoms with Crippen molar-refractivity contribution >= 4 is 23.2 Å². The maximum atomic E-state index is 6.31. The number of halogens is 2. The van der Waals surface area contributed by atoms with E-state index in [9.17, 15) is 0 Å². The Kier molecular flexibility index (Phi) is 3.96. The van der Waals surface area contributed by atoms with Crippen LogP contribution in [-0.4, -0.2) is 0 Å². The van der Waals surface area contributed by atoms with Crippen LogP contribution in [0.15, 0.2) is 36.4 Å². The van der Waals surface area contributed by atoms with E-state index in [0.29, 0.717) is 10.0 Å². The predicted octanol–water partition coefficient (Wildman–Crippen LogP) is 4.66. The number of rotatable bonds is 2. The summed E-state index contributed by atoms with van der Waals surface area (Å²) in [5.41, 5.74) is 10.7. The van der Waals surface area contributed by atoms with E-state index in [-0.39, 0.29) is 6.04 Å². The van der Waals surface area contributed by atoms with Crippen molar-refractivity contribution in [1.29, 1.82) is 0 Å². The van der Waals surface area contributed by atoms with Crippen molar-refractivity contribution in [2.24, 2.45) is 5.73 Å². The molecule has 0 fully saturated rings. The van der Waals surface area contributed by atoms with Gasteiger partial charge in [0.2, 0.25) is 0 Å². The molecule has 0 bridgehead atoms. The van der Waals surface area contributed by atoms with Crippen LogP contribution in [0.2, 0.25) is 10.0 Å². The average Bonchev–Trinajstić information content (AvgIpc) is 2.31. The lowest BCUT2D eigenvalue weighted by Crippen LogP contribution is -2.14. The Morgan fingerprint density at radius 3 is 2.33 bits per heavy atom. The molecule has 94 valence electrons. The molecule has 0 amide bonds. The highest BCUT2D eigenvalue weighted by atomic mass is 35.5. The SMILES string of the molecule is Cc1ccc(C)c(C(N)c2ccc(Cl)cc2Cl)c1. The molecule has 2 aromatic carbocycles. The van der Waals surface area contributed by atoms with Crippen molar-refractivity contribution in [2.45, 2.75) is 19.9 Å². The number of hydrogen-bond donors (Lipinski definition) is 1. The lowest BCUT2D eigenvalue weighted by Gasteiger charge is -2.17. The number of hydrogen-bond acceptors (Lipinski definition) is 1. The molecule has 0 spiro atoms. The third-order valence-corrected chi connectivity index (χ3v) is 3.63. The molecule has 0 aliphatic rings. The van der Waals surface area contributed by atoms with Gasteiger partial charge in [-0.3, -0.25) is 0 Å². The minimum Gasteiger partial charge on any atom is -0.320 e. The first-order valence-electron chi connectivity index (χ1n) is 5.76. The van der Waals surface area contributed by atoms with Gasteiger partial charge in [-0.15, -0.1) is 0 Å². The van der Waals surface area contributed by atoms with E-state index in [1.807, 2.05) is 12.1 Å². The summed E-state index contributed by atoms with van der Waals surface area (Å²) in [7, 11) is 0. The van der Waals surface area contributed by atoms with Crippen molar-refractivity contribution in [3.8, 4) is 0 Å². The highest BCUT2D eigenvalue weighted by molar-refractivity contribution is 6.35. The highest BCUT2D eigenvalue weighted by Gasteiger charge is 2.14. The molecular weight excluding hydrogens is 265 g/mol. The Hall–Kier alpha value is -1.02. The van der Waals surface area contributed by atoms with Gasteiger partial charge in [-0.05, 0) is 42.7 Å². The van der Waals surface area contributed by atoms with Gasteiger partial charge in [0.05, 0.1) is 6.04 Å². The van der Waals surface area contributed by atoms with Crippen LogP contribution < -0.4 is 5.73 Å². The van der Waals surface area contributed by atoms with Crippen LogP contribution in [0.25, 0.3) is 0 Å². The van der Waals surface area contributed by atoms with Gasteiger partial charge in [-0.1, -0.05) is 53.0 Å². The van der Waals surface area contributed by atoms with E-state index in [2.05, 4.69) is 32.0 Å². The molecule has 0 aromatic heterocycles. The predicted molar refractivity (Wildman–Crippen MR) is 78.4 cm³/mol. The molecule has 2 N–H and O–H groups in total.